The molecule has 0 unspecified atom stereocenters. The van der Waals surface area contributed by atoms with E-state index >= 15 is 0 Å². The molecule has 0 bridgehead atoms. The van der Waals surface area contributed by atoms with Crippen LogP contribution in [0.2, 0.25) is 5.02 Å². The number of ether oxygens (including phenoxy) is 1. The van der Waals surface area contributed by atoms with Crippen LogP contribution in [0.1, 0.15) is 31.1 Å². The molecule has 0 fully saturated rings. The van der Waals surface area contributed by atoms with Crippen molar-refractivity contribution in [1.82, 2.24) is 4.90 Å². The monoisotopic (exact) mass is 434 g/mol. The van der Waals surface area contributed by atoms with E-state index in [1.54, 1.807) is 79.9 Å². The summed E-state index contributed by atoms with van der Waals surface area (Å²) in [5.74, 6) is -0.400. The number of hydrogen-bond acceptors (Lipinski definition) is 4. The maximum Gasteiger partial charge on any atom is 0.261 e. The van der Waals surface area contributed by atoms with E-state index in [4.69, 9.17) is 16.3 Å². The van der Waals surface area contributed by atoms with E-state index in [9.17, 15) is 14.4 Å². The molecule has 0 saturated heterocycles. The first kappa shape index (κ1) is 20.6. The first-order chi connectivity index (χ1) is 15.0. The van der Waals surface area contributed by atoms with Crippen LogP contribution in [0.4, 0.5) is 5.69 Å². The van der Waals surface area contributed by atoms with Crippen LogP contribution in [0.15, 0.2) is 72.8 Å². The molecule has 3 aromatic carbocycles. The van der Waals surface area contributed by atoms with Crippen LogP contribution in [0, 0.1) is 0 Å². The molecule has 31 heavy (non-hydrogen) atoms. The van der Waals surface area contributed by atoms with Gasteiger partial charge in [0, 0.05) is 18.8 Å². The molecule has 3 amide bonds. The molecule has 0 N–H and O–H groups in total. The molecule has 1 heterocycles. The van der Waals surface area contributed by atoms with E-state index in [0.717, 1.165) is 0 Å². The van der Waals surface area contributed by atoms with Crippen molar-refractivity contribution in [1.29, 1.82) is 0 Å². The Hall–Kier alpha value is -3.64. The number of benzene rings is 3. The zero-order valence-electron chi connectivity index (χ0n) is 16.7. The maximum absolute atomic E-state index is 13.3. The van der Waals surface area contributed by atoms with E-state index in [1.165, 1.54) is 9.80 Å². The van der Waals surface area contributed by atoms with Crippen molar-refractivity contribution in [3.63, 3.8) is 0 Å². The highest BCUT2D eigenvalue weighted by molar-refractivity contribution is 6.34. The number of halogens is 1. The first-order valence-electron chi connectivity index (χ1n) is 9.67. The van der Waals surface area contributed by atoms with E-state index in [2.05, 4.69) is 0 Å². The third-order valence-electron chi connectivity index (χ3n) is 5.16. The minimum absolute atomic E-state index is 0.0502. The van der Waals surface area contributed by atoms with Crippen molar-refractivity contribution in [3.05, 3.63) is 94.5 Å². The van der Waals surface area contributed by atoms with Gasteiger partial charge < -0.3 is 9.64 Å². The Morgan fingerprint density at radius 3 is 2.06 bits per heavy atom. The molecule has 7 heteroatoms. The average Bonchev–Trinajstić information content (AvgIpc) is 3.04. The minimum Gasteiger partial charge on any atom is -0.497 e. The van der Waals surface area contributed by atoms with Crippen molar-refractivity contribution in [2.45, 2.75) is 0 Å². The fourth-order valence-electron chi connectivity index (χ4n) is 3.53. The largest absolute Gasteiger partial charge is 0.497 e. The summed E-state index contributed by atoms with van der Waals surface area (Å²) >= 11 is 6.25. The molecule has 4 rings (SSSR count). The highest BCUT2D eigenvalue weighted by atomic mass is 35.5. The summed E-state index contributed by atoms with van der Waals surface area (Å²) < 4.78 is 5.20. The number of carbonyl (C=O) groups excluding carboxylic acids is 3. The predicted molar refractivity (Wildman–Crippen MR) is 118 cm³/mol. The van der Waals surface area contributed by atoms with E-state index < -0.39 is 0 Å². The van der Waals surface area contributed by atoms with Gasteiger partial charge in [0.1, 0.15) is 5.75 Å². The molecule has 0 aromatic heterocycles. The van der Waals surface area contributed by atoms with Crippen molar-refractivity contribution in [2.75, 3.05) is 25.1 Å². The number of hydrogen-bond donors (Lipinski definition) is 0. The zero-order valence-corrected chi connectivity index (χ0v) is 17.5. The zero-order chi connectivity index (χ0) is 22.0. The van der Waals surface area contributed by atoms with Gasteiger partial charge in [-0.15, -0.1) is 0 Å². The number of anilines is 1. The summed E-state index contributed by atoms with van der Waals surface area (Å²) in [7, 11) is 1.56. The van der Waals surface area contributed by atoms with Crippen LogP contribution in [0.25, 0.3) is 0 Å². The van der Waals surface area contributed by atoms with Gasteiger partial charge in [-0.1, -0.05) is 35.9 Å². The van der Waals surface area contributed by atoms with Crippen molar-refractivity contribution >= 4 is 35.0 Å². The van der Waals surface area contributed by atoms with Crippen LogP contribution in [0.5, 0.6) is 5.75 Å². The summed E-state index contributed by atoms with van der Waals surface area (Å²) in [6.07, 6.45) is 0. The summed E-state index contributed by atoms with van der Waals surface area (Å²) in [5.41, 5.74) is 1.69. The lowest BCUT2D eigenvalue weighted by atomic mass is 10.1. The van der Waals surface area contributed by atoms with Crippen LogP contribution in [-0.2, 0) is 0 Å². The molecule has 3 aromatic rings. The predicted octanol–water partition coefficient (Wildman–Crippen LogP) is 4.29. The van der Waals surface area contributed by atoms with E-state index in [1.807, 2.05) is 0 Å². The van der Waals surface area contributed by atoms with Gasteiger partial charge in [-0.2, -0.15) is 0 Å². The number of carbonyl (C=O) groups is 3. The quantitative estimate of drug-likeness (QED) is 0.543. The van der Waals surface area contributed by atoms with Gasteiger partial charge in [0.25, 0.3) is 17.7 Å². The number of nitrogens with zero attached hydrogens (tertiary/aromatic N) is 2. The Balaban J connectivity index is 1.62. The smallest absolute Gasteiger partial charge is 0.261 e. The molecule has 0 radical (unpaired) electrons. The van der Waals surface area contributed by atoms with Gasteiger partial charge in [-0.3, -0.25) is 19.3 Å². The number of amides is 3. The summed E-state index contributed by atoms with van der Waals surface area (Å²) in [6, 6.07) is 20.4. The lowest BCUT2D eigenvalue weighted by Gasteiger charge is -2.26. The SMILES string of the molecule is COc1ccc(N(CCN2C(=O)c3ccccc3C2=O)C(=O)c2ccccc2Cl)cc1. The average molecular weight is 435 g/mol. The topological polar surface area (TPSA) is 66.9 Å². The highest BCUT2D eigenvalue weighted by Crippen LogP contribution is 2.26. The van der Waals surface area contributed by atoms with E-state index in [0.29, 0.717) is 33.1 Å². The Morgan fingerprint density at radius 1 is 0.903 bits per heavy atom. The second-order valence-corrected chi connectivity index (χ2v) is 7.35. The summed E-state index contributed by atoms with van der Waals surface area (Å²) in [4.78, 5) is 41.4. The molecular weight excluding hydrogens is 416 g/mol. The minimum atomic E-state index is -0.361. The Morgan fingerprint density at radius 2 is 1.48 bits per heavy atom. The Labute approximate surface area is 184 Å². The van der Waals surface area contributed by atoms with Crippen LogP contribution >= 0.6 is 11.6 Å². The fraction of sp³-hybridized carbons (Fsp3) is 0.125. The lowest BCUT2D eigenvalue weighted by Crippen LogP contribution is -2.41. The van der Waals surface area contributed by atoms with Crippen LogP contribution in [-0.4, -0.2) is 42.8 Å². The number of rotatable bonds is 6. The molecule has 6 nitrogen and oxygen atoms in total. The molecule has 0 aliphatic carbocycles. The highest BCUT2D eigenvalue weighted by Gasteiger charge is 2.35. The standard InChI is InChI=1S/C24H19ClN2O4/c1-31-17-12-10-16(11-13-17)26(24(30)20-8-4-5-9-21(20)25)14-15-27-22(28)18-6-2-3-7-19(18)23(27)29/h2-13H,14-15H2,1H3. The summed E-state index contributed by atoms with van der Waals surface area (Å²) in [6.45, 7) is 0.163. The maximum atomic E-state index is 13.3. The van der Waals surface area contributed by atoms with Gasteiger partial charge in [-0.05, 0) is 48.5 Å². The molecule has 0 saturated carbocycles. The van der Waals surface area contributed by atoms with Crippen molar-refractivity contribution in [2.24, 2.45) is 0 Å². The number of fused-ring (bicyclic) bond motifs is 1. The number of methoxy groups -OCH3 is 1. The molecule has 0 atom stereocenters. The molecule has 156 valence electrons. The molecule has 1 aliphatic heterocycles. The second-order valence-electron chi connectivity index (χ2n) is 6.94. The van der Waals surface area contributed by atoms with Gasteiger partial charge in [0.15, 0.2) is 0 Å². The fourth-order valence-corrected chi connectivity index (χ4v) is 3.75. The molecule has 1 aliphatic rings. The van der Waals surface area contributed by atoms with Gasteiger partial charge in [-0.25, -0.2) is 0 Å². The van der Waals surface area contributed by atoms with Gasteiger partial charge in [0.2, 0.25) is 0 Å². The van der Waals surface area contributed by atoms with Gasteiger partial charge >= 0.3 is 0 Å². The third-order valence-corrected chi connectivity index (χ3v) is 5.49. The Kier molecular flexibility index (Phi) is 5.73. The number of imide groups is 1. The van der Waals surface area contributed by atoms with Crippen molar-refractivity contribution < 1.29 is 19.1 Å². The summed E-state index contributed by atoms with van der Waals surface area (Å²) in [5, 5.41) is 0.326. The van der Waals surface area contributed by atoms with E-state index in [-0.39, 0.29) is 30.8 Å². The Bertz CT molecular complexity index is 1130. The lowest BCUT2D eigenvalue weighted by molar-refractivity contribution is 0.0654. The van der Waals surface area contributed by atoms with Gasteiger partial charge in [0.05, 0.1) is 28.8 Å². The molecular formula is C24H19ClN2O4. The van der Waals surface area contributed by atoms with Crippen LogP contribution < -0.4 is 9.64 Å². The normalized spacial score (nSPS) is 12.6. The van der Waals surface area contributed by atoms with Crippen molar-refractivity contribution in [3.8, 4) is 5.75 Å². The second kappa shape index (κ2) is 8.62. The van der Waals surface area contributed by atoms with Crippen LogP contribution in [0.3, 0.4) is 0 Å². The first-order valence-corrected chi connectivity index (χ1v) is 10.0. The molecule has 0 spiro atoms. The third kappa shape index (κ3) is 3.90.